The summed E-state index contributed by atoms with van der Waals surface area (Å²) in [4.78, 5) is 0. The van der Waals surface area contributed by atoms with Crippen LogP contribution in [0.25, 0.3) is 0 Å². The highest BCUT2D eigenvalue weighted by atomic mass is 35.5. The van der Waals surface area contributed by atoms with Crippen molar-refractivity contribution in [3.63, 3.8) is 0 Å². The summed E-state index contributed by atoms with van der Waals surface area (Å²) >= 11 is 6.52. The number of halogens is 1. The highest BCUT2D eigenvalue weighted by molar-refractivity contribution is 6.21. The molecule has 0 unspecified atom stereocenters. The second kappa shape index (κ2) is 6.62. The Balaban J connectivity index is 2.03. The van der Waals surface area contributed by atoms with Gasteiger partial charge in [0.15, 0.2) is 0 Å². The van der Waals surface area contributed by atoms with Crippen molar-refractivity contribution in [2.45, 2.75) is 95.3 Å². The topological polar surface area (TPSA) is 77.0 Å². The maximum absolute atomic E-state index is 11.0. The van der Waals surface area contributed by atoms with Gasteiger partial charge in [0.1, 0.15) is 0 Å². The lowest BCUT2D eigenvalue weighted by Gasteiger charge is -2.60. The molecule has 8 atom stereocenters. The lowest BCUT2D eigenvalue weighted by molar-refractivity contribution is -0.226. The van der Waals surface area contributed by atoms with Gasteiger partial charge in [-0.15, -0.1) is 11.6 Å². The number of aliphatic hydroxyl groups is 1. The van der Waals surface area contributed by atoms with Crippen LogP contribution in [0.1, 0.15) is 73.1 Å². The van der Waals surface area contributed by atoms with Gasteiger partial charge in [-0.3, -0.25) is 0 Å². The lowest BCUT2D eigenvalue weighted by Crippen LogP contribution is -2.62. The Morgan fingerprint density at radius 1 is 0.963 bits per heavy atom. The molecule has 0 aromatic carbocycles. The van der Waals surface area contributed by atoms with Crippen molar-refractivity contribution in [2.24, 2.45) is 29.1 Å². The Bertz CT molecular complexity index is 679. The van der Waals surface area contributed by atoms with Gasteiger partial charge in [0, 0.05) is 0 Å². The number of hydrogen-bond acceptors (Lipinski definition) is 4. The van der Waals surface area contributed by atoms with Crippen LogP contribution in [0, 0.1) is 51.7 Å². The van der Waals surface area contributed by atoms with Crippen molar-refractivity contribution in [2.75, 3.05) is 0 Å². The van der Waals surface area contributed by atoms with E-state index in [1.54, 1.807) is 6.92 Å². The van der Waals surface area contributed by atoms with Crippen LogP contribution >= 0.6 is 11.6 Å². The first-order chi connectivity index (χ1) is 12.4. The molecule has 2 saturated carbocycles. The van der Waals surface area contributed by atoms with Crippen molar-refractivity contribution in [3.05, 3.63) is 0 Å². The first-order valence-electron chi connectivity index (χ1n) is 10.3. The number of hydrogen-bond donors (Lipinski definition) is 1. The molecule has 150 valence electrons. The van der Waals surface area contributed by atoms with Crippen molar-refractivity contribution in [1.29, 1.82) is 10.5 Å². The average molecular weight is 393 g/mol. The number of rotatable bonds is 1. The second-order valence-corrected chi connectivity index (χ2v) is 10.9. The third kappa shape index (κ3) is 3.29. The summed E-state index contributed by atoms with van der Waals surface area (Å²) in [6.07, 6.45) is 4.75. The van der Waals surface area contributed by atoms with Gasteiger partial charge in [-0.2, -0.15) is 10.5 Å². The molecule has 1 N–H and O–H groups in total. The smallest absolute Gasteiger partial charge is 0.0796 e. The molecule has 3 fully saturated rings. The normalized spacial score (nSPS) is 52.3. The predicted molar refractivity (Wildman–Crippen MR) is 105 cm³/mol. The Morgan fingerprint density at radius 3 is 2.15 bits per heavy atom. The van der Waals surface area contributed by atoms with Crippen LogP contribution in [0.3, 0.4) is 0 Å². The van der Waals surface area contributed by atoms with Crippen LogP contribution in [0.4, 0.5) is 0 Å². The molecule has 0 aromatic heterocycles. The molecule has 27 heavy (non-hydrogen) atoms. The summed E-state index contributed by atoms with van der Waals surface area (Å²) < 4.78 is 6.62. The minimum atomic E-state index is -1.02. The van der Waals surface area contributed by atoms with E-state index in [0.29, 0.717) is 6.42 Å². The molecule has 0 radical (unpaired) electrons. The fourth-order valence-corrected chi connectivity index (χ4v) is 6.50. The first kappa shape index (κ1) is 20.9. The fraction of sp³-hybridized carbons (Fsp3) is 0.909. The molecule has 0 bridgehead atoms. The quantitative estimate of drug-likeness (QED) is 0.650. The lowest BCUT2D eigenvalue weighted by atomic mass is 9.47. The molecule has 1 aliphatic heterocycles. The minimum absolute atomic E-state index is 0.0319. The van der Waals surface area contributed by atoms with E-state index >= 15 is 0 Å². The molecule has 0 aromatic rings. The molecule has 3 aliphatic rings. The van der Waals surface area contributed by atoms with Crippen molar-refractivity contribution in [3.8, 4) is 12.1 Å². The number of nitrogens with zero attached hydrogens (tertiary/aromatic N) is 2. The minimum Gasteiger partial charge on any atom is -0.389 e. The number of ether oxygens (including phenoxy) is 1. The number of fused-ring (bicyclic) bond motifs is 1. The van der Waals surface area contributed by atoms with Gasteiger partial charge in [-0.1, -0.05) is 0 Å². The second-order valence-electron chi connectivity index (χ2n) is 10.4. The summed E-state index contributed by atoms with van der Waals surface area (Å²) in [5.74, 6) is -0.261. The van der Waals surface area contributed by atoms with Gasteiger partial charge in [-0.05, 0) is 90.9 Å². The van der Waals surface area contributed by atoms with Crippen LogP contribution in [0.2, 0.25) is 0 Å². The zero-order chi connectivity index (χ0) is 20.3. The van der Waals surface area contributed by atoms with Crippen molar-refractivity contribution in [1.82, 2.24) is 0 Å². The molecule has 0 amide bonds. The maximum atomic E-state index is 11.0. The van der Waals surface area contributed by atoms with E-state index in [0.717, 1.165) is 32.1 Å². The van der Waals surface area contributed by atoms with E-state index in [1.165, 1.54) is 0 Å². The van der Waals surface area contributed by atoms with Gasteiger partial charge in [0.25, 0.3) is 0 Å². The standard InChI is InChI=1S/C22H33ClN2O2/c1-19(2)17(23)8-11-22(5,27-19)15-6-9-20(3,13-25)14-7-10-21(4,26)16(12-24)18(14)15/h14-18,26H,6-11H2,1-5H3/t14-,15-,16+,17-,18-,20+,21+,22+/m0/s1. The zero-order valence-electron chi connectivity index (χ0n) is 17.3. The molecule has 2 aliphatic carbocycles. The molecule has 1 saturated heterocycles. The van der Waals surface area contributed by atoms with Gasteiger partial charge in [-0.25, -0.2) is 0 Å². The van der Waals surface area contributed by atoms with Crippen LogP contribution in [-0.2, 0) is 4.74 Å². The Kier molecular flexibility index (Phi) is 5.13. The van der Waals surface area contributed by atoms with Crippen LogP contribution in [0.5, 0.6) is 0 Å². The average Bonchev–Trinajstić information content (AvgIpc) is 2.57. The van der Waals surface area contributed by atoms with E-state index in [2.05, 4.69) is 19.1 Å². The van der Waals surface area contributed by atoms with E-state index in [1.807, 2.05) is 20.8 Å². The maximum Gasteiger partial charge on any atom is 0.0796 e. The molecular weight excluding hydrogens is 360 g/mol. The van der Waals surface area contributed by atoms with E-state index < -0.39 is 28.1 Å². The zero-order valence-corrected chi connectivity index (χ0v) is 18.0. The summed E-state index contributed by atoms with van der Waals surface area (Å²) in [5.41, 5.74) is -2.28. The summed E-state index contributed by atoms with van der Waals surface area (Å²) in [7, 11) is 0. The summed E-state index contributed by atoms with van der Waals surface area (Å²) in [6.45, 7) is 10.1. The molecule has 0 spiro atoms. The van der Waals surface area contributed by atoms with Crippen LogP contribution in [-0.4, -0.2) is 27.3 Å². The molecule has 1 heterocycles. The van der Waals surface area contributed by atoms with E-state index in [-0.39, 0.29) is 23.1 Å². The van der Waals surface area contributed by atoms with Crippen molar-refractivity contribution < 1.29 is 9.84 Å². The number of alkyl halides is 1. The Labute approximate surface area is 168 Å². The van der Waals surface area contributed by atoms with Crippen molar-refractivity contribution >= 4 is 11.6 Å². The molecular formula is C22H33ClN2O2. The third-order valence-corrected chi connectivity index (χ3v) is 8.81. The fourth-order valence-electron chi connectivity index (χ4n) is 6.35. The van der Waals surface area contributed by atoms with Gasteiger partial charge < -0.3 is 9.84 Å². The highest BCUT2D eigenvalue weighted by Gasteiger charge is 2.61. The Morgan fingerprint density at radius 2 is 1.59 bits per heavy atom. The van der Waals surface area contributed by atoms with Gasteiger partial charge in [0.05, 0.1) is 45.7 Å². The SMILES string of the molecule is CC1(C)O[C@@](C)([C@H]2CC[C@](C)(C#N)[C@H]3CC[C@@](C)(O)[C@H](C#N)[C@@H]32)CC[C@@H]1Cl. The summed E-state index contributed by atoms with van der Waals surface area (Å²) in [5, 5.41) is 30.9. The first-order valence-corrected chi connectivity index (χ1v) is 10.7. The monoisotopic (exact) mass is 392 g/mol. The third-order valence-electron chi connectivity index (χ3n) is 8.06. The molecule has 4 nitrogen and oxygen atoms in total. The highest BCUT2D eigenvalue weighted by Crippen LogP contribution is 2.61. The predicted octanol–water partition coefficient (Wildman–Crippen LogP) is 4.80. The van der Waals surface area contributed by atoms with Crippen LogP contribution < -0.4 is 0 Å². The largest absolute Gasteiger partial charge is 0.389 e. The van der Waals surface area contributed by atoms with Gasteiger partial charge in [0.2, 0.25) is 0 Å². The number of nitriles is 2. The Hall–Kier alpha value is -0.810. The van der Waals surface area contributed by atoms with Crippen LogP contribution in [0.15, 0.2) is 0 Å². The summed E-state index contributed by atoms with van der Waals surface area (Å²) in [6, 6.07) is 4.99. The van der Waals surface area contributed by atoms with E-state index in [4.69, 9.17) is 16.3 Å². The molecule has 5 heteroatoms. The van der Waals surface area contributed by atoms with Gasteiger partial charge >= 0.3 is 0 Å². The van der Waals surface area contributed by atoms with E-state index in [9.17, 15) is 15.6 Å². The molecule has 3 rings (SSSR count).